The van der Waals surface area contributed by atoms with E-state index in [1.54, 1.807) is 28.9 Å². The minimum atomic E-state index is -3.80. The molecule has 3 rings (SSSR count). The van der Waals surface area contributed by atoms with Crippen molar-refractivity contribution in [2.24, 2.45) is 0 Å². The highest BCUT2D eigenvalue weighted by Crippen LogP contribution is 2.16. The van der Waals surface area contributed by atoms with Gasteiger partial charge in [0.25, 0.3) is 10.1 Å². The third-order valence-corrected chi connectivity index (χ3v) is 5.11. The Morgan fingerprint density at radius 3 is 2.36 bits per heavy atom. The normalized spacial score (nSPS) is 11.6. The van der Waals surface area contributed by atoms with Gasteiger partial charge < -0.3 is 0 Å². The summed E-state index contributed by atoms with van der Waals surface area (Å²) in [6.45, 7) is 4.30. The molecular formula is C19H20N2O3S. The van der Waals surface area contributed by atoms with Crippen LogP contribution in [-0.2, 0) is 27.5 Å². The summed E-state index contributed by atoms with van der Waals surface area (Å²) in [5.41, 5.74) is 3.63. The lowest BCUT2D eigenvalue weighted by Crippen LogP contribution is -2.11. The molecule has 0 amide bonds. The lowest BCUT2D eigenvalue weighted by atomic mass is 10.2. The quantitative estimate of drug-likeness (QED) is 0.635. The van der Waals surface area contributed by atoms with E-state index in [1.807, 2.05) is 50.2 Å². The van der Waals surface area contributed by atoms with Crippen LogP contribution in [0.4, 0.5) is 0 Å². The molecule has 0 saturated carbocycles. The first-order valence-corrected chi connectivity index (χ1v) is 9.38. The molecule has 2 aromatic carbocycles. The number of rotatable bonds is 6. The molecule has 0 spiro atoms. The number of aromatic nitrogens is 2. The maximum atomic E-state index is 12.3. The molecule has 1 aromatic heterocycles. The largest absolute Gasteiger partial charge is 0.297 e. The van der Waals surface area contributed by atoms with Crippen LogP contribution in [0.5, 0.6) is 0 Å². The summed E-state index contributed by atoms with van der Waals surface area (Å²) in [5, 5.41) is 4.43. The Morgan fingerprint density at radius 1 is 1.00 bits per heavy atom. The smallest absolute Gasteiger partial charge is 0.262 e. The van der Waals surface area contributed by atoms with Crippen molar-refractivity contribution < 1.29 is 12.6 Å². The zero-order valence-corrected chi connectivity index (χ0v) is 15.0. The van der Waals surface area contributed by atoms with Gasteiger partial charge in [0.1, 0.15) is 6.61 Å². The highest BCUT2D eigenvalue weighted by molar-refractivity contribution is 7.86. The summed E-state index contributed by atoms with van der Waals surface area (Å²) in [5.74, 6) is 0. The third-order valence-electron chi connectivity index (χ3n) is 3.83. The first-order chi connectivity index (χ1) is 11.9. The number of nitrogens with zero attached hydrogens (tertiary/aromatic N) is 2. The number of aryl methyl sites for hydroxylation is 2. The van der Waals surface area contributed by atoms with Crippen molar-refractivity contribution in [3.8, 4) is 0 Å². The Bertz CT molecular complexity index is 946. The molecule has 0 fully saturated rings. The molecule has 0 atom stereocenters. The summed E-state index contributed by atoms with van der Waals surface area (Å²) in [6.07, 6.45) is 0. The fraction of sp³-hybridized carbons (Fsp3) is 0.211. The molecule has 0 N–H and O–H groups in total. The molecule has 6 heteroatoms. The van der Waals surface area contributed by atoms with E-state index >= 15 is 0 Å². The first-order valence-electron chi connectivity index (χ1n) is 7.97. The topological polar surface area (TPSA) is 61.2 Å². The highest BCUT2D eigenvalue weighted by Gasteiger charge is 2.17. The molecule has 0 bridgehead atoms. The second-order valence-electron chi connectivity index (χ2n) is 5.95. The van der Waals surface area contributed by atoms with Crippen molar-refractivity contribution in [2.45, 2.75) is 31.9 Å². The van der Waals surface area contributed by atoms with Crippen molar-refractivity contribution in [2.75, 3.05) is 0 Å². The predicted octanol–water partition coefficient (Wildman–Crippen LogP) is 3.45. The van der Waals surface area contributed by atoms with E-state index in [-0.39, 0.29) is 11.5 Å². The molecule has 0 saturated heterocycles. The molecule has 0 aliphatic rings. The summed E-state index contributed by atoms with van der Waals surface area (Å²) in [4.78, 5) is 0.156. The molecule has 0 aliphatic heterocycles. The molecule has 130 valence electrons. The van der Waals surface area contributed by atoms with Gasteiger partial charge in [-0.25, -0.2) is 0 Å². The highest BCUT2D eigenvalue weighted by atomic mass is 32.2. The van der Waals surface area contributed by atoms with Crippen LogP contribution >= 0.6 is 0 Å². The summed E-state index contributed by atoms with van der Waals surface area (Å²) < 4.78 is 31.7. The van der Waals surface area contributed by atoms with Crippen molar-refractivity contribution in [1.82, 2.24) is 9.78 Å². The molecule has 0 unspecified atom stereocenters. The van der Waals surface area contributed by atoms with Gasteiger partial charge in [-0.2, -0.15) is 13.5 Å². The predicted molar refractivity (Wildman–Crippen MR) is 95.7 cm³/mol. The summed E-state index contributed by atoms with van der Waals surface area (Å²) in [7, 11) is -3.80. The van der Waals surface area contributed by atoms with Crippen LogP contribution in [0.2, 0.25) is 0 Å². The van der Waals surface area contributed by atoms with Crippen LogP contribution in [0.3, 0.4) is 0 Å². The average Bonchev–Trinajstić information content (AvgIpc) is 2.94. The van der Waals surface area contributed by atoms with Crippen molar-refractivity contribution in [3.63, 3.8) is 0 Å². The van der Waals surface area contributed by atoms with Gasteiger partial charge in [0.05, 0.1) is 22.8 Å². The Hall–Kier alpha value is -2.44. The molecular weight excluding hydrogens is 336 g/mol. The molecule has 5 nitrogen and oxygen atoms in total. The number of benzene rings is 2. The van der Waals surface area contributed by atoms with Crippen LogP contribution in [0.1, 0.15) is 22.5 Å². The number of hydrogen-bond donors (Lipinski definition) is 0. The van der Waals surface area contributed by atoms with Gasteiger partial charge in [0, 0.05) is 0 Å². The standard InChI is InChI=1S/C19H20N2O3S/c1-15-8-10-19(11-9-15)25(22,23)24-14-18-12-16(2)20-21(18)13-17-6-4-3-5-7-17/h3-12H,13-14H2,1-2H3. The van der Waals surface area contributed by atoms with Gasteiger partial charge in [0.2, 0.25) is 0 Å². The van der Waals surface area contributed by atoms with Crippen LogP contribution in [0, 0.1) is 13.8 Å². The maximum absolute atomic E-state index is 12.3. The van der Waals surface area contributed by atoms with Crippen LogP contribution in [-0.4, -0.2) is 18.2 Å². The van der Waals surface area contributed by atoms with E-state index in [2.05, 4.69) is 5.10 Å². The monoisotopic (exact) mass is 356 g/mol. The summed E-state index contributed by atoms with van der Waals surface area (Å²) in [6, 6.07) is 18.3. The zero-order chi connectivity index (χ0) is 17.9. The molecule has 1 heterocycles. The van der Waals surface area contributed by atoms with E-state index in [4.69, 9.17) is 4.18 Å². The van der Waals surface area contributed by atoms with Gasteiger partial charge in [0.15, 0.2) is 0 Å². The van der Waals surface area contributed by atoms with Gasteiger partial charge in [-0.05, 0) is 37.6 Å². The van der Waals surface area contributed by atoms with Gasteiger partial charge in [-0.15, -0.1) is 0 Å². The van der Waals surface area contributed by atoms with Gasteiger partial charge in [-0.3, -0.25) is 8.86 Å². The molecule has 0 aliphatic carbocycles. The second-order valence-corrected chi connectivity index (χ2v) is 7.57. The lowest BCUT2D eigenvalue weighted by molar-refractivity contribution is 0.296. The third kappa shape index (κ3) is 4.35. The minimum absolute atomic E-state index is 0.0517. The Labute approximate surface area is 148 Å². The lowest BCUT2D eigenvalue weighted by Gasteiger charge is -2.09. The Morgan fingerprint density at radius 2 is 1.68 bits per heavy atom. The second kappa shape index (κ2) is 7.21. The maximum Gasteiger partial charge on any atom is 0.297 e. The average molecular weight is 356 g/mol. The van der Waals surface area contributed by atoms with Crippen molar-refractivity contribution in [1.29, 1.82) is 0 Å². The van der Waals surface area contributed by atoms with E-state index < -0.39 is 10.1 Å². The summed E-state index contributed by atoms with van der Waals surface area (Å²) >= 11 is 0. The van der Waals surface area contributed by atoms with Gasteiger partial charge in [-0.1, -0.05) is 48.0 Å². The van der Waals surface area contributed by atoms with Crippen LogP contribution in [0.15, 0.2) is 65.6 Å². The van der Waals surface area contributed by atoms with Crippen molar-refractivity contribution >= 4 is 10.1 Å². The van der Waals surface area contributed by atoms with Gasteiger partial charge >= 0.3 is 0 Å². The van der Waals surface area contributed by atoms with E-state index in [0.29, 0.717) is 6.54 Å². The fourth-order valence-electron chi connectivity index (χ4n) is 2.52. The number of hydrogen-bond acceptors (Lipinski definition) is 4. The van der Waals surface area contributed by atoms with E-state index in [0.717, 1.165) is 22.5 Å². The zero-order valence-electron chi connectivity index (χ0n) is 14.2. The molecule has 3 aromatic rings. The van der Waals surface area contributed by atoms with Crippen LogP contribution in [0.25, 0.3) is 0 Å². The Kier molecular flexibility index (Phi) is 5.01. The van der Waals surface area contributed by atoms with Crippen LogP contribution < -0.4 is 0 Å². The first kappa shape index (κ1) is 17.4. The Balaban J connectivity index is 1.76. The fourth-order valence-corrected chi connectivity index (χ4v) is 3.40. The minimum Gasteiger partial charge on any atom is -0.262 e. The van der Waals surface area contributed by atoms with E-state index in [9.17, 15) is 8.42 Å². The molecule has 0 radical (unpaired) electrons. The molecule has 25 heavy (non-hydrogen) atoms. The SMILES string of the molecule is Cc1ccc(S(=O)(=O)OCc2cc(C)nn2Cc2ccccc2)cc1. The van der Waals surface area contributed by atoms with E-state index in [1.165, 1.54) is 0 Å². The van der Waals surface area contributed by atoms with Crippen molar-refractivity contribution in [3.05, 3.63) is 83.2 Å².